The van der Waals surface area contributed by atoms with Crippen LogP contribution in [-0.2, 0) is 9.47 Å². The van der Waals surface area contributed by atoms with Gasteiger partial charge in [-0.25, -0.2) is 0 Å². The summed E-state index contributed by atoms with van der Waals surface area (Å²) in [7, 11) is 0. The van der Waals surface area contributed by atoms with Gasteiger partial charge in [0.25, 0.3) is 0 Å². The van der Waals surface area contributed by atoms with Crippen molar-refractivity contribution < 1.29 is 9.47 Å². The molecule has 0 N–H and O–H groups in total. The fourth-order valence-electron chi connectivity index (χ4n) is 3.75. The van der Waals surface area contributed by atoms with Gasteiger partial charge in [-0.05, 0) is 0 Å². The van der Waals surface area contributed by atoms with Crippen molar-refractivity contribution in [3.8, 4) is 0 Å². The summed E-state index contributed by atoms with van der Waals surface area (Å²) in [5.74, 6) is 0. The molecule has 0 aromatic heterocycles. The van der Waals surface area contributed by atoms with Crippen LogP contribution in [0.3, 0.4) is 0 Å². The Kier molecular flexibility index (Phi) is 14.0. The summed E-state index contributed by atoms with van der Waals surface area (Å²) in [6.07, 6.45) is 9.59. The van der Waals surface area contributed by atoms with Crippen molar-refractivity contribution in [3.63, 3.8) is 0 Å². The van der Waals surface area contributed by atoms with Crippen LogP contribution in [-0.4, -0.2) is 67.4 Å². The van der Waals surface area contributed by atoms with Crippen molar-refractivity contribution in [2.45, 2.75) is 79.0 Å². The average molecular weight is 448 g/mol. The minimum absolute atomic E-state index is 0.908. The number of hydrogen-bond acceptors (Lipinski definition) is 3. The number of morpholine rings is 1. The van der Waals surface area contributed by atoms with Gasteiger partial charge in [0.1, 0.15) is 0 Å². The Morgan fingerprint density at radius 3 is 1.88 bits per heavy atom. The molecule has 1 aliphatic heterocycles. The van der Waals surface area contributed by atoms with Crippen LogP contribution in [0.25, 0.3) is 0 Å². The van der Waals surface area contributed by atoms with Gasteiger partial charge in [0, 0.05) is 0 Å². The molecule has 0 bridgehead atoms. The van der Waals surface area contributed by atoms with E-state index in [1.165, 1.54) is 56.1 Å². The van der Waals surface area contributed by atoms with Crippen LogP contribution in [0.5, 0.6) is 0 Å². The van der Waals surface area contributed by atoms with E-state index in [1.54, 1.807) is 13.3 Å². The first-order chi connectivity index (χ1) is 11.8. The van der Waals surface area contributed by atoms with Gasteiger partial charge in [0.2, 0.25) is 0 Å². The van der Waals surface area contributed by atoms with Gasteiger partial charge in [-0.3, -0.25) is 0 Å². The molecule has 0 saturated carbocycles. The number of hydrogen-bond donors (Lipinski definition) is 0. The second-order valence-corrected chi connectivity index (χ2v) is 21.3. The molecule has 1 aliphatic rings. The Hall–Kier alpha value is 0.679. The first kappa shape index (κ1) is 22.7. The Bertz CT molecular complexity index is 261. The maximum absolute atomic E-state index is 6.32. The summed E-state index contributed by atoms with van der Waals surface area (Å²) in [4.78, 5) is 2.52. The zero-order chi connectivity index (χ0) is 17.5. The standard InChI is InChI=1S/C8H16NO2.3C4H9.Sn/c1-10-6-2-3-9-4-7-11-8-5-9;3*1-3-4-2;/h1-8H2;3*1,3-4H2,2H3;. The average Bonchev–Trinajstić information content (AvgIpc) is 2.63. The van der Waals surface area contributed by atoms with Gasteiger partial charge in [-0.15, -0.1) is 0 Å². The van der Waals surface area contributed by atoms with Crippen LogP contribution in [0, 0.1) is 0 Å². The van der Waals surface area contributed by atoms with E-state index in [1.807, 2.05) is 0 Å². The summed E-state index contributed by atoms with van der Waals surface area (Å²) < 4.78 is 17.6. The van der Waals surface area contributed by atoms with Gasteiger partial charge in [0.15, 0.2) is 0 Å². The Morgan fingerprint density at radius 1 is 0.833 bits per heavy atom. The first-order valence-corrected chi connectivity index (χ1v) is 18.7. The van der Waals surface area contributed by atoms with E-state index in [4.69, 9.17) is 9.47 Å². The zero-order valence-electron chi connectivity index (χ0n) is 16.8. The molecule has 0 aliphatic carbocycles. The summed E-state index contributed by atoms with van der Waals surface area (Å²) in [5, 5.41) is 0. The molecule has 4 heteroatoms. The second-order valence-electron chi connectivity index (χ2n) is 7.67. The van der Waals surface area contributed by atoms with E-state index in [0.29, 0.717) is 0 Å². The molecule has 1 saturated heterocycles. The molecular formula is C20H43NO2Sn. The summed E-state index contributed by atoms with van der Waals surface area (Å²) in [5.41, 5.74) is 0. The second kappa shape index (κ2) is 14.8. The molecule has 3 nitrogen and oxygen atoms in total. The molecule has 1 rings (SSSR count). The van der Waals surface area contributed by atoms with Crippen molar-refractivity contribution in [1.29, 1.82) is 0 Å². The SMILES string of the molecule is CCC[CH2][Sn]([CH2]CCC)([CH2]CCC)[CH2]OCCCN1CCOCC1. The predicted molar refractivity (Wildman–Crippen MR) is 108 cm³/mol. The number of nitrogens with zero attached hydrogens (tertiary/aromatic N) is 1. The van der Waals surface area contributed by atoms with E-state index in [2.05, 4.69) is 25.7 Å². The third-order valence-corrected chi connectivity index (χ3v) is 19.9. The van der Waals surface area contributed by atoms with E-state index in [9.17, 15) is 0 Å². The monoisotopic (exact) mass is 449 g/mol. The molecule has 1 fully saturated rings. The molecule has 24 heavy (non-hydrogen) atoms. The fourth-order valence-corrected chi connectivity index (χ4v) is 18.2. The van der Waals surface area contributed by atoms with E-state index in [-0.39, 0.29) is 0 Å². The van der Waals surface area contributed by atoms with Crippen molar-refractivity contribution in [2.24, 2.45) is 0 Å². The van der Waals surface area contributed by atoms with E-state index < -0.39 is 18.4 Å². The molecule has 0 atom stereocenters. The van der Waals surface area contributed by atoms with Crippen LogP contribution in [0.1, 0.15) is 65.7 Å². The van der Waals surface area contributed by atoms with E-state index >= 15 is 0 Å². The Labute approximate surface area is 155 Å². The van der Waals surface area contributed by atoms with Gasteiger partial charge < -0.3 is 0 Å². The van der Waals surface area contributed by atoms with Crippen molar-refractivity contribution in [1.82, 2.24) is 4.90 Å². The van der Waals surface area contributed by atoms with Crippen LogP contribution in [0.4, 0.5) is 0 Å². The molecule has 144 valence electrons. The number of rotatable bonds is 15. The summed E-state index contributed by atoms with van der Waals surface area (Å²) in [6, 6.07) is 0. The van der Waals surface area contributed by atoms with Gasteiger partial charge >= 0.3 is 156 Å². The van der Waals surface area contributed by atoms with E-state index in [0.717, 1.165) is 32.9 Å². The molecule has 1 heterocycles. The van der Waals surface area contributed by atoms with Gasteiger partial charge in [-0.1, -0.05) is 0 Å². The van der Waals surface area contributed by atoms with Gasteiger partial charge in [0.05, 0.1) is 0 Å². The van der Waals surface area contributed by atoms with Crippen LogP contribution >= 0.6 is 0 Å². The normalized spacial score (nSPS) is 16.6. The fraction of sp³-hybridized carbons (Fsp3) is 1.00. The quantitative estimate of drug-likeness (QED) is 0.257. The molecule has 0 amide bonds. The Balaban J connectivity index is 2.34. The maximum atomic E-state index is 6.32. The molecule has 0 spiro atoms. The summed E-state index contributed by atoms with van der Waals surface area (Å²) in [6.45, 7) is 13.2. The predicted octanol–water partition coefficient (Wildman–Crippen LogP) is 5.11. The molecular weight excluding hydrogens is 405 g/mol. The molecule has 0 aromatic carbocycles. The summed E-state index contributed by atoms with van der Waals surface area (Å²) >= 11 is -2.05. The van der Waals surface area contributed by atoms with Gasteiger partial charge in [-0.2, -0.15) is 0 Å². The van der Waals surface area contributed by atoms with Crippen LogP contribution in [0.2, 0.25) is 13.3 Å². The molecule has 0 unspecified atom stereocenters. The third kappa shape index (κ3) is 9.98. The Morgan fingerprint density at radius 2 is 1.38 bits per heavy atom. The first-order valence-electron chi connectivity index (χ1n) is 10.6. The zero-order valence-corrected chi connectivity index (χ0v) is 19.6. The number of unbranched alkanes of at least 4 members (excludes halogenated alkanes) is 3. The minimum atomic E-state index is -2.05. The van der Waals surface area contributed by atoms with Crippen molar-refractivity contribution in [3.05, 3.63) is 0 Å². The van der Waals surface area contributed by atoms with Crippen molar-refractivity contribution in [2.75, 3.05) is 44.1 Å². The molecule has 0 aromatic rings. The van der Waals surface area contributed by atoms with Crippen LogP contribution < -0.4 is 0 Å². The van der Waals surface area contributed by atoms with Crippen molar-refractivity contribution >= 4 is 18.4 Å². The van der Waals surface area contributed by atoms with Crippen LogP contribution in [0.15, 0.2) is 0 Å². The molecule has 0 radical (unpaired) electrons. The number of ether oxygens (including phenoxy) is 2. The topological polar surface area (TPSA) is 21.7 Å². The third-order valence-electron chi connectivity index (χ3n) is 5.46.